The minimum Gasteiger partial charge on any atom is -0.372 e. The van der Waals surface area contributed by atoms with Gasteiger partial charge in [0.2, 0.25) is 0 Å². The second-order valence-corrected chi connectivity index (χ2v) is 9.47. The average Bonchev–Trinajstić information content (AvgIpc) is 2.95. The summed E-state index contributed by atoms with van der Waals surface area (Å²) in [5.74, 6) is -0.876. The molecule has 8 heteroatoms. The van der Waals surface area contributed by atoms with Gasteiger partial charge in [0.25, 0.3) is 0 Å². The number of nitrogens with one attached hydrogen (secondary N) is 2. The Morgan fingerprint density at radius 3 is 2.27 bits per heavy atom. The van der Waals surface area contributed by atoms with E-state index in [1.54, 1.807) is 12.1 Å². The molecule has 1 unspecified atom stereocenters. The van der Waals surface area contributed by atoms with Crippen molar-refractivity contribution < 1.29 is 18.0 Å². The summed E-state index contributed by atoms with van der Waals surface area (Å²) in [5, 5.41) is 5.04. The van der Waals surface area contributed by atoms with Crippen molar-refractivity contribution in [2.45, 2.75) is 32.2 Å². The quantitative estimate of drug-likeness (QED) is 0.769. The number of hydrogen-bond donors (Lipinski definition) is 2. The SMILES string of the molecule is CC1CCN(c2ccc(NC(=O)C(=O)NC3CCS(=O)(=O)C3)cc2)CC1. The highest BCUT2D eigenvalue weighted by Crippen LogP contribution is 2.24. The number of benzene rings is 1. The molecule has 2 saturated heterocycles. The minimum absolute atomic E-state index is 0.0519. The summed E-state index contributed by atoms with van der Waals surface area (Å²) in [6, 6.07) is 6.94. The van der Waals surface area contributed by atoms with Gasteiger partial charge < -0.3 is 15.5 Å². The van der Waals surface area contributed by atoms with E-state index in [9.17, 15) is 18.0 Å². The third-order valence-electron chi connectivity index (χ3n) is 5.05. The zero-order chi connectivity index (χ0) is 18.7. The Balaban J connectivity index is 1.52. The van der Waals surface area contributed by atoms with Gasteiger partial charge in [0.1, 0.15) is 0 Å². The first-order valence-electron chi connectivity index (χ1n) is 9.00. The van der Waals surface area contributed by atoms with Crippen molar-refractivity contribution in [1.29, 1.82) is 0 Å². The van der Waals surface area contributed by atoms with Crippen LogP contribution in [0.25, 0.3) is 0 Å². The van der Waals surface area contributed by atoms with E-state index in [1.807, 2.05) is 12.1 Å². The van der Waals surface area contributed by atoms with Gasteiger partial charge in [-0.3, -0.25) is 9.59 Å². The Morgan fingerprint density at radius 1 is 1.04 bits per heavy atom. The molecule has 0 aliphatic carbocycles. The van der Waals surface area contributed by atoms with Gasteiger partial charge in [0.15, 0.2) is 9.84 Å². The molecular formula is C18H25N3O4S. The van der Waals surface area contributed by atoms with E-state index in [0.29, 0.717) is 12.1 Å². The van der Waals surface area contributed by atoms with Crippen LogP contribution in [-0.4, -0.2) is 50.9 Å². The van der Waals surface area contributed by atoms with Crippen LogP contribution in [0.1, 0.15) is 26.2 Å². The third kappa shape index (κ3) is 4.75. The van der Waals surface area contributed by atoms with Crippen molar-refractivity contribution in [2.24, 2.45) is 5.92 Å². The van der Waals surface area contributed by atoms with Crippen molar-refractivity contribution in [3.8, 4) is 0 Å². The standard InChI is InChI=1S/C18H25N3O4S/c1-13-6-9-21(10-7-13)16-4-2-14(3-5-16)19-17(22)18(23)20-15-8-11-26(24,25)12-15/h2-5,13,15H,6-12H2,1H3,(H,19,22)(H,20,23). The molecule has 2 aliphatic rings. The first-order chi connectivity index (χ1) is 12.3. The molecule has 3 rings (SSSR count). The van der Waals surface area contributed by atoms with Gasteiger partial charge in [-0.05, 0) is 49.4 Å². The van der Waals surface area contributed by atoms with Crippen LogP contribution < -0.4 is 15.5 Å². The van der Waals surface area contributed by atoms with E-state index >= 15 is 0 Å². The maximum Gasteiger partial charge on any atom is 0.313 e. The first kappa shape index (κ1) is 18.7. The predicted octanol–water partition coefficient (Wildman–Crippen LogP) is 1.16. The van der Waals surface area contributed by atoms with E-state index < -0.39 is 27.7 Å². The lowest BCUT2D eigenvalue weighted by Gasteiger charge is -2.32. The number of amides is 2. The van der Waals surface area contributed by atoms with Crippen molar-refractivity contribution in [3.05, 3.63) is 24.3 Å². The molecule has 2 heterocycles. The molecule has 0 aromatic heterocycles. The van der Waals surface area contributed by atoms with E-state index in [2.05, 4.69) is 22.5 Å². The summed E-state index contributed by atoms with van der Waals surface area (Å²) in [6.07, 6.45) is 2.70. The van der Waals surface area contributed by atoms with Crippen LogP contribution in [0.4, 0.5) is 11.4 Å². The van der Waals surface area contributed by atoms with Crippen LogP contribution in [0.3, 0.4) is 0 Å². The molecular weight excluding hydrogens is 354 g/mol. The molecule has 7 nitrogen and oxygen atoms in total. The van der Waals surface area contributed by atoms with Gasteiger partial charge in [-0.15, -0.1) is 0 Å². The normalized spacial score (nSPS) is 22.8. The Labute approximate surface area is 154 Å². The summed E-state index contributed by atoms with van der Waals surface area (Å²) in [6.45, 7) is 4.32. The smallest absolute Gasteiger partial charge is 0.313 e. The topological polar surface area (TPSA) is 95.6 Å². The molecule has 0 spiro atoms. The number of rotatable bonds is 3. The summed E-state index contributed by atoms with van der Waals surface area (Å²) in [4.78, 5) is 26.3. The average molecular weight is 379 g/mol. The maximum atomic E-state index is 12.0. The van der Waals surface area contributed by atoms with Crippen LogP contribution in [0.15, 0.2) is 24.3 Å². The molecule has 2 fully saturated rings. The molecule has 142 valence electrons. The second kappa shape index (κ2) is 7.65. The minimum atomic E-state index is -3.10. The predicted molar refractivity (Wildman–Crippen MR) is 101 cm³/mol. The second-order valence-electron chi connectivity index (χ2n) is 7.24. The number of carbonyl (C=O) groups excluding carboxylic acids is 2. The monoisotopic (exact) mass is 379 g/mol. The Hall–Kier alpha value is -2.09. The zero-order valence-electron chi connectivity index (χ0n) is 14.9. The molecule has 2 N–H and O–H groups in total. The fourth-order valence-electron chi connectivity index (χ4n) is 3.37. The van der Waals surface area contributed by atoms with Crippen LogP contribution in [0.2, 0.25) is 0 Å². The van der Waals surface area contributed by atoms with Crippen LogP contribution >= 0.6 is 0 Å². The molecule has 0 saturated carbocycles. The zero-order valence-corrected chi connectivity index (χ0v) is 15.7. The van der Waals surface area contributed by atoms with Gasteiger partial charge in [0, 0.05) is 30.5 Å². The van der Waals surface area contributed by atoms with Crippen molar-refractivity contribution in [1.82, 2.24) is 5.32 Å². The highest BCUT2D eigenvalue weighted by atomic mass is 32.2. The number of hydrogen-bond acceptors (Lipinski definition) is 5. The summed E-state index contributed by atoms with van der Waals surface area (Å²) >= 11 is 0. The Morgan fingerprint density at radius 2 is 1.69 bits per heavy atom. The number of nitrogens with zero attached hydrogens (tertiary/aromatic N) is 1. The molecule has 2 amide bonds. The van der Waals surface area contributed by atoms with E-state index in [-0.39, 0.29) is 11.5 Å². The number of sulfone groups is 1. The Kier molecular flexibility index (Phi) is 5.50. The fraction of sp³-hybridized carbons (Fsp3) is 0.556. The first-order valence-corrected chi connectivity index (χ1v) is 10.8. The molecule has 0 bridgehead atoms. The van der Waals surface area contributed by atoms with Gasteiger partial charge in [0.05, 0.1) is 11.5 Å². The Bertz CT molecular complexity index is 768. The van der Waals surface area contributed by atoms with E-state index in [0.717, 1.165) is 24.7 Å². The number of carbonyl (C=O) groups is 2. The highest BCUT2D eigenvalue weighted by molar-refractivity contribution is 7.91. The molecule has 2 aliphatic heterocycles. The van der Waals surface area contributed by atoms with E-state index in [4.69, 9.17) is 0 Å². The van der Waals surface area contributed by atoms with E-state index in [1.165, 1.54) is 12.8 Å². The largest absolute Gasteiger partial charge is 0.372 e. The summed E-state index contributed by atoms with van der Waals surface area (Å²) in [5.41, 5.74) is 1.65. The van der Waals surface area contributed by atoms with Crippen LogP contribution in [-0.2, 0) is 19.4 Å². The molecule has 26 heavy (non-hydrogen) atoms. The molecule has 1 atom stereocenters. The summed E-state index contributed by atoms with van der Waals surface area (Å²) < 4.78 is 22.8. The van der Waals surface area contributed by atoms with Gasteiger partial charge in [-0.25, -0.2) is 8.42 Å². The van der Waals surface area contributed by atoms with Gasteiger partial charge in [-0.2, -0.15) is 0 Å². The third-order valence-corrected chi connectivity index (χ3v) is 6.82. The molecule has 0 radical (unpaired) electrons. The lowest BCUT2D eigenvalue weighted by atomic mass is 9.99. The highest BCUT2D eigenvalue weighted by Gasteiger charge is 2.30. The number of anilines is 2. The fourth-order valence-corrected chi connectivity index (χ4v) is 5.04. The summed E-state index contributed by atoms with van der Waals surface area (Å²) in [7, 11) is -3.10. The van der Waals surface area contributed by atoms with Crippen molar-refractivity contribution >= 4 is 33.0 Å². The maximum absolute atomic E-state index is 12.0. The molecule has 1 aromatic carbocycles. The van der Waals surface area contributed by atoms with Crippen LogP contribution in [0.5, 0.6) is 0 Å². The lowest BCUT2D eigenvalue weighted by Crippen LogP contribution is -2.42. The number of piperidine rings is 1. The van der Waals surface area contributed by atoms with Gasteiger partial charge in [-0.1, -0.05) is 6.92 Å². The van der Waals surface area contributed by atoms with Crippen molar-refractivity contribution in [2.75, 3.05) is 34.8 Å². The lowest BCUT2D eigenvalue weighted by molar-refractivity contribution is -0.136. The van der Waals surface area contributed by atoms with Gasteiger partial charge >= 0.3 is 11.8 Å². The van der Waals surface area contributed by atoms with Crippen molar-refractivity contribution in [3.63, 3.8) is 0 Å². The van der Waals surface area contributed by atoms with Crippen LogP contribution in [0, 0.1) is 5.92 Å². The molecule has 1 aromatic rings.